The van der Waals surface area contributed by atoms with Gasteiger partial charge in [0.15, 0.2) is 0 Å². The summed E-state index contributed by atoms with van der Waals surface area (Å²) in [6, 6.07) is 10.7. The lowest BCUT2D eigenvalue weighted by Gasteiger charge is -2.29. The van der Waals surface area contributed by atoms with Gasteiger partial charge in [-0.2, -0.15) is 5.26 Å². The van der Waals surface area contributed by atoms with Crippen molar-refractivity contribution in [2.45, 2.75) is 32.4 Å². The van der Waals surface area contributed by atoms with Crippen LogP contribution in [0.25, 0.3) is 0 Å². The highest BCUT2D eigenvalue weighted by Crippen LogP contribution is 2.35. The molecule has 0 aliphatic heterocycles. The number of rotatable bonds is 7. The van der Waals surface area contributed by atoms with Crippen LogP contribution in [0, 0.1) is 17.2 Å². The van der Waals surface area contributed by atoms with E-state index >= 15 is 0 Å². The van der Waals surface area contributed by atoms with E-state index in [1.54, 1.807) is 7.11 Å². The fourth-order valence-electron chi connectivity index (χ4n) is 2.50. The molecule has 1 aromatic rings. The van der Waals surface area contributed by atoms with Gasteiger partial charge in [0, 0.05) is 26.2 Å². The fourth-order valence-corrected chi connectivity index (χ4v) is 2.50. The molecule has 3 heteroatoms. The average Bonchev–Trinajstić information content (AvgIpc) is 3.27. The Bertz CT molecular complexity index is 448. The Morgan fingerprint density at radius 2 is 2.16 bits per heavy atom. The first-order chi connectivity index (χ1) is 9.26. The van der Waals surface area contributed by atoms with Gasteiger partial charge in [0.2, 0.25) is 0 Å². The molecule has 0 aromatic heterocycles. The minimum Gasteiger partial charge on any atom is -0.383 e. The molecule has 0 N–H and O–H groups in total. The molecular weight excluding hydrogens is 236 g/mol. The van der Waals surface area contributed by atoms with Gasteiger partial charge >= 0.3 is 0 Å². The lowest BCUT2D eigenvalue weighted by molar-refractivity contribution is 0.111. The van der Waals surface area contributed by atoms with Crippen LogP contribution in [0.5, 0.6) is 0 Å². The number of nitriles is 1. The van der Waals surface area contributed by atoms with Gasteiger partial charge in [-0.1, -0.05) is 18.2 Å². The second kappa shape index (κ2) is 6.70. The summed E-state index contributed by atoms with van der Waals surface area (Å²) in [5.74, 6) is 0.825. The maximum atomic E-state index is 9.17. The van der Waals surface area contributed by atoms with Crippen molar-refractivity contribution in [1.29, 1.82) is 5.26 Å². The fraction of sp³-hybridized carbons (Fsp3) is 0.562. The van der Waals surface area contributed by atoms with Crippen molar-refractivity contribution < 1.29 is 4.74 Å². The predicted molar refractivity (Wildman–Crippen MR) is 75.6 cm³/mol. The normalized spacial score (nSPS) is 16.3. The Kier molecular flexibility index (Phi) is 4.95. The Labute approximate surface area is 115 Å². The van der Waals surface area contributed by atoms with E-state index in [4.69, 9.17) is 4.74 Å². The van der Waals surface area contributed by atoms with E-state index < -0.39 is 0 Å². The smallest absolute Gasteiger partial charge is 0.0995 e. The summed E-state index contributed by atoms with van der Waals surface area (Å²) in [5.41, 5.74) is 1.90. The van der Waals surface area contributed by atoms with E-state index in [9.17, 15) is 5.26 Å². The Morgan fingerprint density at radius 1 is 1.42 bits per heavy atom. The van der Waals surface area contributed by atoms with Crippen LogP contribution >= 0.6 is 0 Å². The molecule has 1 fully saturated rings. The summed E-state index contributed by atoms with van der Waals surface area (Å²) in [6.45, 7) is 4.80. The molecule has 1 aliphatic carbocycles. The number of ether oxygens (including phenoxy) is 1. The topological polar surface area (TPSA) is 36.3 Å². The van der Waals surface area contributed by atoms with Crippen LogP contribution < -0.4 is 0 Å². The maximum absolute atomic E-state index is 9.17. The molecule has 102 valence electrons. The number of hydrogen-bond donors (Lipinski definition) is 0. The highest BCUT2D eigenvalue weighted by atomic mass is 16.5. The number of benzene rings is 1. The monoisotopic (exact) mass is 258 g/mol. The third-order valence-corrected chi connectivity index (χ3v) is 3.97. The molecule has 1 atom stereocenters. The average molecular weight is 258 g/mol. The van der Waals surface area contributed by atoms with Crippen molar-refractivity contribution in [2.75, 3.05) is 20.3 Å². The number of hydrogen-bond acceptors (Lipinski definition) is 3. The summed E-state index contributed by atoms with van der Waals surface area (Å²) in [5, 5.41) is 9.17. The maximum Gasteiger partial charge on any atom is 0.0995 e. The second-order valence-electron chi connectivity index (χ2n) is 5.31. The van der Waals surface area contributed by atoms with Crippen molar-refractivity contribution in [3.63, 3.8) is 0 Å². The van der Waals surface area contributed by atoms with E-state index in [2.05, 4.69) is 24.0 Å². The minimum atomic E-state index is 0.571. The third-order valence-electron chi connectivity index (χ3n) is 3.97. The zero-order valence-electron chi connectivity index (χ0n) is 11.8. The Morgan fingerprint density at radius 3 is 2.79 bits per heavy atom. The molecule has 19 heavy (non-hydrogen) atoms. The van der Waals surface area contributed by atoms with Gasteiger partial charge < -0.3 is 4.74 Å². The molecule has 0 radical (unpaired) electrons. The van der Waals surface area contributed by atoms with Crippen molar-refractivity contribution in [3.8, 4) is 6.07 Å². The summed E-state index contributed by atoms with van der Waals surface area (Å²) in [6.07, 6.45) is 2.68. The molecule has 0 spiro atoms. The number of nitrogens with zero attached hydrogens (tertiary/aromatic N) is 2. The van der Waals surface area contributed by atoms with Crippen LogP contribution in [0.3, 0.4) is 0 Å². The largest absolute Gasteiger partial charge is 0.383 e. The highest BCUT2D eigenvalue weighted by Gasteiger charge is 2.31. The molecule has 0 saturated heterocycles. The molecule has 0 heterocycles. The lowest BCUT2D eigenvalue weighted by atomic mass is 10.1. The van der Waals surface area contributed by atoms with Crippen LogP contribution in [-0.4, -0.2) is 31.2 Å². The zero-order valence-corrected chi connectivity index (χ0v) is 11.8. The lowest BCUT2D eigenvalue weighted by Crippen LogP contribution is -2.36. The summed E-state index contributed by atoms with van der Waals surface area (Å²) < 4.78 is 5.21. The second-order valence-corrected chi connectivity index (χ2v) is 5.31. The van der Waals surface area contributed by atoms with Crippen molar-refractivity contribution in [1.82, 2.24) is 4.90 Å². The van der Waals surface area contributed by atoms with Gasteiger partial charge in [-0.25, -0.2) is 0 Å². The van der Waals surface area contributed by atoms with Crippen LogP contribution in [0.15, 0.2) is 24.3 Å². The van der Waals surface area contributed by atoms with E-state index in [0.29, 0.717) is 6.04 Å². The zero-order chi connectivity index (χ0) is 13.7. The van der Waals surface area contributed by atoms with E-state index in [1.165, 1.54) is 12.8 Å². The standard InChI is InChI=1S/C16H22N2O/c1-13(14-7-8-14)18(9-10-19-2)12-16-6-4-3-5-15(16)11-17/h3-6,13-14H,7-10,12H2,1-2H3. The van der Waals surface area contributed by atoms with Crippen LogP contribution in [-0.2, 0) is 11.3 Å². The van der Waals surface area contributed by atoms with Gasteiger partial charge in [0.25, 0.3) is 0 Å². The van der Waals surface area contributed by atoms with Crippen molar-refractivity contribution >= 4 is 0 Å². The first-order valence-electron chi connectivity index (χ1n) is 6.97. The van der Waals surface area contributed by atoms with E-state index in [0.717, 1.165) is 36.7 Å². The third kappa shape index (κ3) is 3.79. The molecule has 2 rings (SSSR count). The van der Waals surface area contributed by atoms with Crippen LogP contribution in [0.2, 0.25) is 0 Å². The first kappa shape index (κ1) is 14.0. The SMILES string of the molecule is COCCN(Cc1ccccc1C#N)C(C)C1CC1. The molecule has 3 nitrogen and oxygen atoms in total. The summed E-state index contributed by atoms with van der Waals surface area (Å²) >= 11 is 0. The van der Waals surface area contributed by atoms with Crippen molar-refractivity contribution in [3.05, 3.63) is 35.4 Å². The Hall–Kier alpha value is -1.37. The van der Waals surface area contributed by atoms with Crippen LogP contribution in [0.4, 0.5) is 0 Å². The van der Waals surface area contributed by atoms with Gasteiger partial charge in [-0.3, -0.25) is 4.90 Å². The molecule has 1 unspecified atom stereocenters. The van der Waals surface area contributed by atoms with Crippen LogP contribution in [0.1, 0.15) is 30.9 Å². The Balaban J connectivity index is 2.07. The number of methoxy groups -OCH3 is 1. The van der Waals surface area contributed by atoms with Gasteiger partial charge in [0.1, 0.15) is 0 Å². The van der Waals surface area contributed by atoms with Gasteiger partial charge in [0.05, 0.1) is 18.2 Å². The molecule has 0 bridgehead atoms. The van der Waals surface area contributed by atoms with E-state index in [-0.39, 0.29) is 0 Å². The first-order valence-corrected chi connectivity index (χ1v) is 6.97. The molecule has 1 saturated carbocycles. The predicted octanol–water partition coefficient (Wildman–Crippen LogP) is 2.81. The van der Waals surface area contributed by atoms with Gasteiger partial charge in [-0.15, -0.1) is 0 Å². The quantitative estimate of drug-likeness (QED) is 0.754. The minimum absolute atomic E-state index is 0.571. The molecule has 1 aliphatic rings. The molecule has 1 aromatic carbocycles. The molecule has 0 amide bonds. The van der Waals surface area contributed by atoms with E-state index in [1.807, 2.05) is 18.2 Å². The van der Waals surface area contributed by atoms with Gasteiger partial charge in [-0.05, 0) is 37.3 Å². The highest BCUT2D eigenvalue weighted by molar-refractivity contribution is 5.37. The van der Waals surface area contributed by atoms with Crippen molar-refractivity contribution in [2.24, 2.45) is 5.92 Å². The molecular formula is C16H22N2O. The summed E-state index contributed by atoms with van der Waals surface area (Å²) in [7, 11) is 1.74. The summed E-state index contributed by atoms with van der Waals surface area (Å²) in [4.78, 5) is 2.44.